The number of likely N-dealkylation sites (tertiary alicyclic amines) is 2. The van der Waals surface area contributed by atoms with Gasteiger partial charge in [-0.3, -0.25) is 9.59 Å². The third-order valence-electron chi connectivity index (χ3n) is 6.52. The number of aryl methyl sites for hydroxylation is 1. The van der Waals surface area contributed by atoms with Crippen LogP contribution in [0.15, 0.2) is 4.42 Å². The molecule has 0 bridgehead atoms. The maximum absolute atomic E-state index is 12.7. The van der Waals surface area contributed by atoms with Crippen molar-refractivity contribution in [1.29, 1.82) is 0 Å². The molecule has 0 atom stereocenters. The van der Waals surface area contributed by atoms with Gasteiger partial charge in [0.25, 0.3) is 5.91 Å². The highest BCUT2D eigenvalue weighted by Crippen LogP contribution is 2.32. The van der Waals surface area contributed by atoms with E-state index < -0.39 is 0 Å². The molecule has 0 radical (unpaired) electrons. The van der Waals surface area contributed by atoms with Crippen LogP contribution in [0.1, 0.15) is 85.8 Å². The first kappa shape index (κ1) is 18.5. The van der Waals surface area contributed by atoms with Gasteiger partial charge in [0.15, 0.2) is 11.6 Å². The summed E-state index contributed by atoms with van der Waals surface area (Å²) < 4.78 is 5.88. The van der Waals surface area contributed by atoms with Gasteiger partial charge >= 0.3 is 0 Å². The molecule has 6 nitrogen and oxygen atoms in total. The molecule has 0 unspecified atom stereocenters. The average molecular weight is 373 g/mol. The van der Waals surface area contributed by atoms with Crippen molar-refractivity contribution < 1.29 is 14.0 Å². The number of hydrogen-bond acceptors (Lipinski definition) is 4. The molecule has 0 spiro atoms. The fraction of sp³-hybridized carbons (Fsp3) is 0.762. The lowest BCUT2D eigenvalue weighted by Gasteiger charge is -2.34. The number of oxazole rings is 1. The van der Waals surface area contributed by atoms with Crippen LogP contribution in [0.3, 0.4) is 0 Å². The lowest BCUT2D eigenvalue weighted by Crippen LogP contribution is -2.41. The van der Waals surface area contributed by atoms with Crippen LogP contribution in [0.25, 0.3) is 0 Å². The van der Waals surface area contributed by atoms with E-state index in [1.54, 1.807) is 0 Å². The standard InChI is InChI=1S/C21H31N3O3/c1-15-18(21(26)23-11-5-6-12-23)22-19(27-15)16-9-13-24(14-10-16)20(25)17-7-3-2-4-8-17/h16-17H,2-14H2,1H3. The Hall–Kier alpha value is -1.85. The first-order valence-corrected chi connectivity index (χ1v) is 10.7. The molecule has 27 heavy (non-hydrogen) atoms. The molecule has 0 aromatic carbocycles. The van der Waals surface area contributed by atoms with Gasteiger partial charge in [-0.25, -0.2) is 4.98 Å². The van der Waals surface area contributed by atoms with Crippen LogP contribution in [0.2, 0.25) is 0 Å². The van der Waals surface area contributed by atoms with Gasteiger partial charge in [-0.1, -0.05) is 19.3 Å². The Kier molecular flexibility index (Phi) is 5.50. The van der Waals surface area contributed by atoms with Crippen LogP contribution in [0.4, 0.5) is 0 Å². The van der Waals surface area contributed by atoms with E-state index in [0.717, 1.165) is 64.7 Å². The Labute approximate surface area is 161 Å². The largest absolute Gasteiger partial charge is 0.445 e. The quantitative estimate of drug-likeness (QED) is 0.813. The Balaban J connectivity index is 1.36. The van der Waals surface area contributed by atoms with Gasteiger partial charge < -0.3 is 14.2 Å². The SMILES string of the molecule is Cc1oc(C2CCN(C(=O)C3CCCCC3)CC2)nc1C(=O)N1CCCC1. The second-order valence-corrected chi connectivity index (χ2v) is 8.39. The second-order valence-electron chi connectivity index (χ2n) is 8.39. The predicted molar refractivity (Wildman–Crippen MR) is 102 cm³/mol. The lowest BCUT2D eigenvalue weighted by atomic mass is 9.87. The summed E-state index contributed by atoms with van der Waals surface area (Å²) in [5.41, 5.74) is 0.479. The third-order valence-corrected chi connectivity index (χ3v) is 6.52. The van der Waals surface area contributed by atoms with Crippen molar-refractivity contribution in [3.8, 4) is 0 Å². The van der Waals surface area contributed by atoms with Gasteiger partial charge in [-0.2, -0.15) is 0 Å². The number of amides is 2. The Morgan fingerprint density at radius 3 is 2.22 bits per heavy atom. The number of rotatable bonds is 3. The zero-order valence-electron chi connectivity index (χ0n) is 16.4. The third kappa shape index (κ3) is 3.90. The zero-order chi connectivity index (χ0) is 18.8. The Bertz CT molecular complexity index is 679. The molecule has 3 heterocycles. The highest BCUT2D eigenvalue weighted by Gasteiger charge is 2.32. The molecule has 148 valence electrons. The van der Waals surface area contributed by atoms with Gasteiger partial charge in [0.2, 0.25) is 5.91 Å². The topological polar surface area (TPSA) is 66.7 Å². The highest BCUT2D eigenvalue weighted by atomic mass is 16.4. The maximum atomic E-state index is 12.7. The van der Waals surface area contributed by atoms with E-state index >= 15 is 0 Å². The van der Waals surface area contributed by atoms with Crippen molar-refractivity contribution in [2.75, 3.05) is 26.2 Å². The summed E-state index contributed by atoms with van der Waals surface area (Å²) in [6.45, 7) is 5.03. The van der Waals surface area contributed by atoms with Gasteiger partial charge in [0, 0.05) is 38.0 Å². The Morgan fingerprint density at radius 1 is 0.889 bits per heavy atom. The smallest absolute Gasteiger partial charge is 0.276 e. The van der Waals surface area contributed by atoms with Crippen molar-refractivity contribution >= 4 is 11.8 Å². The maximum Gasteiger partial charge on any atom is 0.276 e. The minimum absolute atomic E-state index is 0.00455. The van der Waals surface area contributed by atoms with Gasteiger partial charge in [-0.15, -0.1) is 0 Å². The van der Waals surface area contributed by atoms with Crippen LogP contribution in [-0.4, -0.2) is 52.8 Å². The number of aromatic nitrogens is 1. The number of piperidine rings is 1. The number of hydrogen-bond donors (Lipinski definition) is 0. The van der Waals surface area contributed by atoms with Crippen molar-refractivity contribution in [3.05, 3.63) is 17.3 Å². The molecule has 4 rings (SSSR count). The normalized spacial score (nSPS) is 22.4. The Morgan fingerprint density at radius 2 is 1.56 bits per heavy atom. The van der Waals surface area contributed by atoms with Crippen molar-refractivity contribution in [2.45, 2.75) is 70.6 Å². The molecule has 1 saturated carbocycles. The van der Waals surface area contributed by atoms with E-state index in [4.69, 9.17) is 4.42 Å². The monoisotopic (exact) mass is 373 g/mol. The van der Waals surface area contributed by atoms with Crippen molar-refractivity contribution in [1.82, 2.24) is 14.8 Å². The average Bonchev–Trinajstić information content (AvgIpc) is 3.38. The van der Waals surface area contributed by atoms with E-state index in [2.05, 4.69) is 4.98 Å². The molecular weight excluding hydrogens is 342 g/mol. The highest BCUT2D eigenvalue weighted by molar-refractivity contribution is 5.93. The summed E-state index contributed by atoms with van der Waals surface area (Å²) in [4.78, 5) is 33.9. The molecule has 2 amide bonds. The minimum atomic E-state index is 0.00455. The van der Waals surface area contributed by atoms with Gasteiger partial charge in [0.1, 0.15) is 5.76 Å². The van der Waals surface area contributed by atoms with E-state index in [1.807, 2.05) is 16.7 Å². The number of carbonyl (C=O) groups excluding carboxylic acids is 2. The molecule has 2 aliphatic heterocycles. The summed E-state index contributed by atoms with van der Waals surface area (Å²) in [5.74, 6) is 2.11. The first-order valence-electron chi connectivity index (χ1n) is 10.7. The molecule has 2 saturated heterocycles. The van der Waals surface area contributed by atoms with Gasteiger partial charge in [-0.05, 0) is 45.4 Å². The van der Waals surface area contributed by atoms with Gasteiger partial charge in [0.05, 0.1) is 0 Å². The number of carbonyl (C=O) groups is 2. The van der Waals surface area contributed by atoms with Crippen LogP contribution in [-0.2, 0) is 4.79 Å². The number of nitrogens with zero attached hydrogens (tertiary/aromatic N) is 3. The summed E-state index contributed by atoms with van der Waals surface area (Å²) in [5, 5.41) is 0. The van der Waals surface area contributed by atoms with E-state index in [0.29, 0.717) is 23.3 Å². The van der Waals surface area contributed by atoms with Crippen molar-refractivity contribution in [2.24, 2.45) is 5.92 Å². The molecular formula is C21H31N3O3. The zero-order valence-corrected chi connectivity index (χ0v) is 16.4. The molecule has 1 aromatic heterocycles. The summed E-state index contributed by atoms with van der Waals surface area (Å²) in [7, 11) is 0. The fourth-order valence-corrected chi connectivity index (χ4v) is 4.81. The molecule has 1 aliphatic carbocycles. The van der Waals surface area contributed by atoms with Crippen LogP contribution >= 0.6 is 0 Å². The summed E-state index contributed by atoms with van der Waals surface area (Å²) in [6, 6.07) is 0. The lowest BCUT2D eigenvalue weighted by molar-refractivity contribution is -0.137. The van der Waals surface area contributed by atoms with Crippen LogP contribution in [0, 0.1) is 12.8 Å². The summed E-state index contributed by atoms with van der Waals surface area (Å²) in [6.07, 6.45) is 9.65. The second kappa shape index (κ2) is 8.03. The van der Waals surface area contributed by atoms with Crippen molar-refractivity contribution in [3.63, 3.8) is 0 Å². The van der Waals surface area contributed by atoms with Crippen LogP contribution < -0.4 is 0 Å². The first-order chi connectivity index (χ1) is 13.1. The molecule has 0 N–H and O–H groups in total. The molecule has 3 aliphatic rings. The minimum Gasteiger partial charge on any atom is -0.445 e. The van der Waals surface area contributed by atoms with E-state index in [-0.39, 0.29) is 17.7 Å². The van der Waals surface area contributed by atoms with E-state index in [9.17, 15) is 9.59 Å². The fourth-order valence-electron chi connectivity index (χ4n) is 4.81. The molecule has 3 fully saturated rings. The predicted octanol–water partition coefficient (Wildman–Crippen LogP) is 3.51. The van der Waals surface area contributed by atoms with Crippen LogP contribution in [0.5, 0.6) is 0 Å². The van der Waals surface area contributed by atoms with E-state index in [1.165, 1.54) is 19.3 Å². The molecule has 1 aromatic rings. The molecule has 6 heteroatoms. The summed E-state index contributed by atoms with van der Waals surface area (Å²) >= 11 is 0.